The van der Waals surface area contributed by atoms with E-state index in [0.29, 0.717) is 24.7 Å². The lowest BCUT2D eigenvalue weighted by Crippen LogP contribution is -2.34. The first-order valence-corrected chi connectivity index (χ1v) is 5.56. The first-order chi connectivity index (χ1) is 6.60. The maximum atomic E-state index is 5.44. The quantitative estimate of drug-likeness (QED) is 0.637. The van der Waals surface area contributed by atoms with Gasteiger partial charge in [-0.3, -0.25) is 0 Å². The molecule has 1 atom stereocenters. The Bertz CT molecular complexity index is 165. The Morgan fingerprint density at radius 2 is 1.79 bits per heavy atom. The third-order valence-corrected chi connectivity index (χ3v) is 2.75. The number of rotatable bonds is 7. The van der Waals surface area contributed by atoms with E-state index in [9.17, 15) is 0 Å². The van der Waals surface area contributed by atoms with Crippen molar-refractivity contribution in [2.75, 3.05) is 19.8 Å². The molecule has 0 aromatic heterocycles. The van der Waals surface area contributed by atoms with Crippen molar-refractivity contribution in [1.82, 2.24) is 5.32 Å². The van der Waals surface area contributed by atoms with Crippen molar-refractivity contribution in [2.24, 2.45) is 5.41 Å². The molecule has 0 radical (unpaired) electrons. The van der Waals surface area contributed by atoms with Gasteiger partial charge in [-0.25, -0.2) is 0 Å². The van der Waals surface area contributed by atoms with Gasteiger partial charge in [0.1, 0.15) is 0 Å². The minimum atomic E-state index is -0.0820. The molecule has 84 valence electrons. The molecule has 0 aromatic rings. The van der Waals surface area contributed by atoms with Crippen LogP contribution in [0.5, 0.6) is 0 Å². The highest BCUT2D eigenvalue weighted by atomic mass is 16.7. The summed E-state index contributed by atoms with van der Waals surface area (Å²) >= 11 is 0. The Hall–Kier alpha value is -0.120. The van der Waals surface area contributed by atoms with E-state index < -0.39 is 0 Å². The predicted molar refractivity (Wildman–Crippen MR) is 57.2 cm³/mol. The molecule has 1 N–H and O–H groups in total. The van der Waals surface area contributed by atoms with Crippen LogP contribution in [0, 0.1) is 5.41 Å². The lowest BCUT2D eigenvalue weighted by atomic mass is 10.2. The topological polar surface area (TPSA) is 30.5 Å². The molecule has 1 aliphatic rings. The molecule has 1 fully saturated rings. The molecule has 3 nitrogen and oxygen atoms in total. The molecule has 1 aliphatic carbocycles. The summed E-state index contributed by atoms with van der Waals surface area (Å²) < 4.78 is 10.9. The normalized spacial score (nSPS) is 24.2. The second kappa shape index (κ2) is 5.10. The highest BCUT2D eigenvalue weighted by Gasteiger charge is 2.45. The second-order valence-electron chi connectivity index (χ2n) is 4.49. The Morgan fingerprint density at radius 3 is 2.14 bits per heavy atom. The fourth-order valence-corrected chi connectivity index (χ4v) is 1.59. The number of hydrogen-bond acceptors (Lipinski definition) is 3. The van der Waals surface area contributed by atoms with Crippen LogP contribution in [0.3, 0.4) is 0 Å². The number of nitrogens with one attached hydrogen (secondary N) is 1. The van der Waals surface area contributed by atoms with Gasteiger partial charge >= 0.3 is 0 Å². The van der Waals surface area contributed by atoms with Gasteiger partial charge in [0.15, 0.2) is 6.29 Å². The van der Waals surface area contributed by atoms with E-state index in [0.717, 1.165) is 6.54 Å². The largest absolute Gasteiger partial charge is 0.352 e. The molecule has 0 amide bonds. The Labute approximate surface area is 87.2 Å². The zero-order chi connectivity index (χ0) is 10.6. The summed E-state index contributed by atoms with van der Waals surface area (Å²) in [7, 11) is 0. The summed E-state index contributed by atoms with van der Waals surface area (Å²) in [5.74, 6) is 0. The summed E-state index contributed by atoms with van der Waals surface area (Å²) in [5, 5.41) is 3.47. The molecule has 0 spiro atoms. The van der Waals surface area contributed by atoms with E-state index in [4.69, 9.17) is 9.47 Å². The molecule has 0 saturated heterocycles. The summed E-state index contributed by atoms with van der Waals surface area (Å²) in [6.45, 7) is 10.8. The highest BCUT2D eigenvalue weighted by molar-refractivity contribution is 5.01. The van der Waals surface area contributed by atoms with E-state index in [-0.39, 0.29) is 6.29 Å². The lowest BCUT2D eigenvalue weighted by molar-refractivity contribution is -0.133. The molecule has 0 heterocycles. The van der Waals surface area contributed by atoms with Gasteiger partial charge in [-0.2, -0.15) is 0 Å². The molecule has 14 heavy (non-hydrogen) atoms. The molecular weight excluding hydrogens is 178 g/mol. The third kappa shape index (κ3) is 3.56. The van der Waals surface area contributed by atoms with Gasteiger partial charge in [-0.15, -0.1) is 0 Å². The van der Waals surface area contributed by atoms with Crippen LogP contribution in [0.25, 0.3) is 0 Å². The van der Waals surface area contributed by atoms with E-state index >= 15 is 0 Å². The minimum absolute atomic E-state index is 0.0820. The molecule has 3 heteroatoms. The van der Waals surface area contributed by atoms with Crippen LogP contribution < -0.4 is 5.32 Å². The van der Waals surface area contributed by atoms with Crippen molar-refractivity contribution in [3.63, 3.8) is 0 Å². The first-order valence-electron chi connectivity index (χ1n) is 5.56. The summed E-state index contributed by atoms with van der Waals surface area (Å²) in [6, 6.07) is 0.644. The fourth-order valence-electron chi connectivity index (χ4n) is 1.59. The molecule has 0 bridgehead atoms. The van der Waals surface area contributed by atoms with Crippen LogP contribution in [-0.2, 0) is 9.47 Å². The summed E-state index contributed by atoms with van der Waals surface area (Å²) in [6.07, 6.45) is 1.18. The van der Waals surface area contributed by atoms with Crippen molar-refractivity contribution >= 4 is 0 Å². The SMILES string of the molecule is CCOC(CNC1CC1(C)C)OCC. The van der Waals surface area contributed by atoms with Crippen LogP contribution in [0.2, 0.25) is 0 Å². The molecule has 1 saturated carbocycles. The third-order valence-electron chi connectivity index (χ3n) is 2.75. The van der Waals surface area contributed by atoms with Gasteiger partial charge in [0.2, 0.25) is 0 Å². The molecule has 1 unspecified atom stereocenters. The van der Waals surface area contributed by atoms with Crippen molar-refractivity contribution in [1.29, 1.82) is 0 Å². The van der Waals surface area contributed by atoms with Crippen molar-refractivity contribution in [3.8, 4) is 0 Å². The average Bonchev–Trinajstić information content (AvgIpc) is 2.71. The Balaban J connectivity index is 2.13. The Kier molecular flexibility index (Phi) is 4.35. The maximum absolute atomic E-state index is 5.44. The van der Waals surface area contributed by atoms with E-state index in [1.807, 2.05) is 13.8 Å². The van der Waals surface area contributed by atoms with Crippen molar-refractivity contribution in [2.45, 2.75) is 46.4 Å². The molecule has 1 rings (SSSR count). The predicted octanol–water partition coefficient (Wildman–Crippen LogP) is 1.77. The zero-order valence-corrected chi connectivity index (χ0v) is 9.80. The highest BCUT2D eigenvalue weighted by Crippen LogP contribution is 2.44. The standard InChI is InChI=1S/C11H23NO2/c1-5-13-10(14-6-2)8-12-9-7-11(9,3)4/h9-10,12H,5-8H2,1-4H3. The summed E-state index contributed by atoms with van der Waals surface area (Å²) in [5.41, 5.74) is 0.475. The minimum Gasteiger partial charge on any atom is -0.352 e. The van der Waals surface area contributed by atoms with Gasteiger partial charge in [0, 0.05) is 25.8 Å². The van der Waals surface area contributed by atoms with Gasteiger partial charge in [0.25, 0.3) is 0 Å². The molecule has 0 aromatic carbocycles. The maximum Gasteiger partial charge on any atom is 0.169 e. The van der Waals surface area contributed by atoms with Gasteiger partial charge in [-0.1, -0.05) is 13.8 Å². The van der Waals surface area contributed by atoms with Crippen molar-refractivity contribution < 1.29 is 9.47 Å². The molecular formula is C11H23NO2. The van der Waals surface area contributed by atoms with Crippen LogP contribution in [0.15, 0.2) is 0 Å². The van der Waals surface area contributed by atoms with E-state index in [1.165, 1.54) is 6.42 Å². The smallest absolute Gasteiger partial charge is 0.169 e. The van der Waals surface area contributed by atoms with Crippen LogP contribution in [0.4, 0.5) is 0 Å². The van der Waals surface area contributed by atoms with Gasteiger partial charge in [-0.05, 0) is 25.7 Å². The average molecular weight is 201 g/mol. The first kappa shape index (κ1) is 12.0. The van der Waals surface area contributed by atoms with Gasteiger partial charge in [0.05, 0.1) is 0 Å². The second-order valence-corrected chi connectivity index (χ2v) is 4.49. The van der Waals surface area contributed by atoms with E-state index in [2.05, 4.69) is 19.2 Å². The number of hydrogen-bond donors (Lipinski definition) is 1. The summed E-state index contributed by atoms with van der Waals surface area (Å²) in [4.78, 5) is 0. The van der Waals surface area contributed by atoms with Crippen LogP contribution in [-0.4, -0.2) is 32.1 Å². The monoisotopic (exact) mass is 201 g/mol. The lowest BCUT2D eigenvalue weighted by Gasteiger charge is -2.17. The number of ether oxygens (including phenoxy) is 2. The van der Waals surface area contributed by atoms with Crippen molar-refractivity contribution in [3.05, 3.63) is 0 Å². The van der Waals surface area contributed by atoms with E-state index in [1.54, 1.807) is 0 Å². The molecule has 0 aliphatic heterocycles. The zero-order valence-electron chi connectivity index (χ0n) is 9.80. The van der Waals surface area contributed by atoms with Gasteiger partial charge < -0.3 is 14.8 Å². The van der Waals surface area contributed by atoms with Crippen LogP contribution in [0.1, 0.15) is 34.1 Å². The fraction of sp³-hybridized carbons (Fsp3) is 1.00. The Morgan fingerprint density at radius 1 is 1.29 bits per heavy atom. The van der Waals surface area contributed by atoms with Crippen LogP contribution >= 0.6 is 0 Å².